The first-order valence-electron chi connectivity index (χ1n) is 7.08. The number of piperidine rings is 1. The molecule has 1 aliphatic heterocycles. The number of carbonyl (C=O) groups is 1. The highest BCUT2D eigenvalue weighted by Gasteiger charge is 2.18. The molecule has 2 atom stereocenters. The van der Waals surface area contributed by atoms with E-state index in [1.54, 1.807) is 13.0 Å². The van der Waals surface area contributed by atoms with Crippen LogP contribution in [0, 0.1) is 0 Å². The number of rotatable bonds is 3. The molecule has 1 aromatic rings. The molecule has 2 unspecified atom stereocenters. The summed E-state index contributed by atoms with van der Waals surface area (Å²) >= 11 is 0. The van der Waals surface area contributed by atoms with Crippen molar-refractivity contribution in [2.24, 2.45) is 0 Å². The van der Waals surface area contributed by atoms with E-state index in [2.05, 4.69) is 22.6 Å². The van der Waals surface area contributed by atoms with Crippen molar-refractivity contribution in [2.45, 2.75) is 31.9 Å². The molecule has 1 aromatic carbocycles. The van der Waals surface area contributed by atoms with Crippen molar-refractivity contribution in [3.63, 3.8) is 0 Å². The van der Waals surface area contributed by atoms with Gasteiger partial charge in [0, 0.05) is 18.3 Å². The molecule has 5 nitrogen and oxygen atoms in total. The maximum absolute atomic E-state index is 12.0. The molecule has 5 heteroatoms. The molecule has 0 saturated carbocycles. The Hall–Kier alpha value is -1.59. The van der Waals surface area contributed by atoms with E-state index in [1.807, 2.05) is 18.2 Å². The van der Waals surface area contributed by atoms with Gasteiger partial charge in [0.2, 0.25) is 0 Å². The van der Waals surface area contributed by atoms with Crippen LogP contribution in [0.1, 0.15) is 31.4 Å². The maximum Gasteiger partial charge on any atom is 0.319 e. The van der Waals surface area contributed by atoms with Crippen molar-refractivity contribution in [2.75, 3.05) is 25.5 Å². The van der Waals surface area contributed by atoms with Crippen LogP contribution >= 0.6 is 0 Å². The smallest absolute Gasteiger partial charge is 0.319 e. The number of hydrogen-bond donors (Lipinski definition) is 3. The Morgan fingerprint density at radius 3 is 3.00 bits per heavy atom. The number of nitrogens with one attached hydrogen (secondary N) is 2. The second-order valence-corrected chi connectivity index (χ2v) is 5.50. The van der Waals surface area contributed by atoms with E-state index in [0.29, 0.717) is 5.69 Å². The number of aliphatic hydroxyl groups excluding tert-OH is 1. The quantitative estimate of drug-likeness (QED) is 0.791. The number of urea groups is 1. The first-order valence-corrected chi connectivity index (χ1v) is 7.08. The molecule has 1 heterocycles. The van der Waals surface area contributed by atoms with Gasteiger partial charge < -0.3 is 20.6 Å². The van der Waals surface area contributed by atoms with Gasteiger partial charge in [-0.25, -0.2) is 4.79 Å². The average Bonchev–Trinajstić information content (AvgIpc) is 2.38. The summed E-state index contributed by atoms with van der Waals surface area (Å²) in [7, 11) is 2.07. The molecule has 0 aromatic heterocycles. The summed E-state index contributed by atoms with van der Waals surface area (Å²) in [6, 6.07) is 7.28. The van der Waals surface area contributed by atoms with Gasteiger partial charge in [0.25, 0.3) is 0 Å². The minimum atomic E-state index is -0.535. The number of aliphatic hydroxyl groups is 1. The summed E-state index contributed by atoms with van der Waals surface area (Å²) < 4.78 is 0. The van der Waals surface area contributed by atoms with Crippen molar-refractivity contribution in [3.8, 4) is 0 Å². The lowest BCUT2D eigenvalue weighted by Crippen LogP contribution is -2.47. The standard InChI is InChI=1S/C15H23N3O2/c1-11(19)12-5-3-6-13(9-12)16-15(20)17-14-7-4-8-18(2)10-14/h3,5-6,9,11,14,19H,4,7-8,10H2,1-2H3,(H2,16,17,20). The predicted octanol–water partition coefficient (Wildman–Crippen LogP) is 1.96. The summed E-state index contributed by atoms with van der Waals surface area (Å²) in [6.45, 7) is 3.69. The van der Waals surface area contributed by atoms with Crippen molar-refractivity contribution in [1.82, 2.24) is 10.2 Å². The van der Waals surface area contributed by atoms with Crippen LogP contribution in [0.15, 0.2) is 24.3 Å². The number of carbonyl (C=O) groups excluding carboxylic acids is 1. The van der Waals surface area contributed by atoms with Gasteiger partial charge in [-0.2, -0.15) is 0 Å². The van der Waals surface area contributed by atoms with E-state index in [1.165, 1.54) is 0 Å². The van der Waals surface area contributed by atoms with Crippen LogP contribution in [0.2, 0.25) is 0 Å². The number of likely N-dealkylation sites (N-methyl/N-ethyl adjacent to an activating group) is 1. The van der Waals surface area contributed by atoms with Gasteiger partial charge in [0.1, 0.15) is 0 Å². The molecular formula is C15H23N3O2. The monoisotopic (exact) mass is 277 g/mol. The van der Waals surface area contributed by atoms with Gasteiger partial charge in [-0.3, -0.25) is 0 Å². The Balaban J connectivity index is 1.89. The predicted molar refractivity (Wildman–Crippen MR) is 79.7 cm³/mol. The van der Waals surface area contributed by atoms with Gasteiger partial charge in [0.05, 0.1) is 6.10 Å². The van der Waals surface area contributed by atoms with Gasteiger partial charge >= 0.3 is 6.03 Å². The number of nitrogens with zero attached hydrogens (tertiary/aromatic N) is 1. The first kappa shape index (κ1) is 14.8. The molecule has 0 radical (unpaired) electrons. The summed E-state index contributed by atoms with van der Waals surface area (Å²) in [6.07, 6.45) is 1.59. The molecule has 2 rings (SSSR count). The third-order valence-electron chi connectivity index (χ3n) is 3.59. The van der Waals surface area contributed by atoms with Gasteiger partial charge in [-0.15, -0.1) is 0 Å². The number of hydrogen-bond acceptors (Lipinski definition) is 3. The molecule has 0 spiro atoms. The lowest BCUT2D eigenvalue weighted by atomic mass is 10.1. The Kier molecular flexibility index (Phi) is 4.98. The van der Waals surface area contributed by atoms with E-state index in [-0.39, 0.29) is 12.1 Å². The third kappa shape index (κ3) is 4.21. The van der Waals surface area contributed by atoms with Crippen LogP contribution < -0.4 is 10.6 Å². The largest absolute Gasteiger partial charge is 0.389 e. The fraction of sp³-hybridized carbons (Fsp3) is 0.533. The number of amides is 2. The molecule has 1 fully saturated rings. The molecule has 20 heavy (non-hydrogen) atoms. The van der Waals surface area contributed by atoms with E-state index in [9.17, 15) is 9.90 Å². The van der Waals surface area contributed by atoms with Gasteiger partial charge in [-0.05, 0) is 51.1 Å². The van der Waals surface area contributed by atoms with Gasteiger partial charge in [-0.1, -0.05) is 12.1 Å². The van der Waals surface area contributed by atoms with Gasteiger partial charge in [0.15, 0.2) is 0 Å². The maximum atomic E-state index is 12.0. The Bertz CT molecular complexity index is 462. The Labute approximate surface area is 120 Å². The van der Waals surface area contributed by atoms with E-state index in [4.69, 9.17) is 0 Å². The minimum absolute atomic E-state index is 0.187. The minimum Gasteiger partial charge on any atom is -0.389 e. The molecule has 0 aliphatic carbocycles. The lowest BCUT2D eigenvalue weighted by Gasteiger charge is -2.30. The highest BCUT2D eigenvalue weighted by atomic mass is 16.3. The van der Waals surface area contributed by atoms with Crippen molar-refractivity contribution in [1.29, 1.82) is 0 Å². The molecular weight excluding hydrogens is 254 g/mol. The molecule has 110 valence electrons. The highest BCUT2D eigenvalue weighted by Crippen LogP contribution is 2.17. The van der Waals surface area contributed by atoms with Crippen molar-refractivity contribution in [3.05, 3.63) is 29.8 Å². The van der Waals surface area contributed by atoms with Crippen LogP contribution in [0.3, 0.4) is 0 Å². The zero-order valence-corrected chi connectivity index (χ0v) is 12.1. The first-order chi connectivity index (χ1) is 9.54. The normalized spacial score (nSPS) is 21.2. The van der Waals surface area contributed by atoms with Crippen LogP contribution in [-0.4, -0.2) is 42.2 Å². The van der Waals surface area contributed by atoms with Crippen LogP contribution in [0.4, 0.5) is 10.5 Å². The molecule has 2 amide bonds. The van der Waals surface area contributed by atoms with Crippen LogP contribution in [-0.2, 0) is 0 Å². The van der Waals surface area contributed by atoms with E-state index >= 15 is 0 Å². The summed E-state index contributed by atoms with van der Waals surface area (Å²) in [5.74, 6) is 0. The fourth-order valence-electron chi connectivity index (χ4n) is 2.51. The molecule has 1 saturated heterocycles. The Morgan fingerprint density at radius 2 is 2.30 bits per heavy atom. The van der Waals surface area contributed by atoms with E-state index < -0.39 is 6.10 Å². The van der Waals surface area contributed by atoms with Crippen molar-refractivity contribution < 1.29 is 9.90 Å². The summed E-state index contributed by atoms with van der Waals surface area (Å²) in [5, 5.41) is 15.4. The van der Waals surface area contributed by atoms with Crippen LogP contribution in [0.25, 0.3) is 0 Å². The van der Waals surface area contributed by atoms with E-state index in [0.717, 1.165) is 31.5 Å². The zero-order chi connectivity index (χ0) is 14.5. The van der Waals surface area contributed by atoms with Crippen molar-refractivity contribution >= 4 is 11.7 Å². The average molecular weight is 277 g/mol. The summed E-state index contributed by atoms with van der Waals surface area (Å²) in [5.41, 5.74) is 1.49. The highest BCUT2D eigenvalue weighted by molar-refractivity contribution is 5.89. The lowest BCUT2D eigenvalue weighted by molar-refractivity contribution is 0.199. The second kappa shape index (κ2) is 6.72. The molecule has 0 bridgehead atoms. The Morgan fingerprint density at radius 1 is 1.50 bits per heavy atom. The topological polar surface area (TPSA) is 64.6 Å². The zero-order valence-electron chi connectivity index (χ0n) is 12.1. The number of benzene rings is 1. The third-order valence-corrected chi connectivity index (χ3v) is 3.59. The molecule has 3 N–H and O–H groups in total. The second-order valence-electron chi connectivity index (χ2n) is 5.50. The fourth-order valence-corrected chi connectivity index (χ4v) is 2.51. The summed E-state index contributed by atoms with van der Waals surface area (Å²) in [4.78, 5) is 14.2. The van der Waals surface area contributed by atoms with Crippen LogP contribution in [0.5, 0.6) is 0 Å². The molecule has 1 aliphatic rings. The SMILES string of the molecule is CC(O)c1cccc(NC(=O)NC2CCCN(C)C2)c1. The number of likely N-dealkylation sites (tertiary alicyclic amines) is 1. The number of anilines is 1.